The Labute approximate surface area is 168 Å². The van der Waals surface area contributed by atoms with E-state index in [9.17, 15) is 14.4 Å². The molecule has 1 aromatic heterocycles. The monoisotopic (exact) mass is 400 g/mol. The number of carbonyl (C=O) groups is 3. The number of benzene rings is 1. The number of carbonyl (C=O) groups excluding carboxylic acids is 3. The summed E-state index contributed by atoms with van der Waals surface area (Å²) in [5.74, 6) is -0.0873. The van der Waals surface area contributed by atoms with Gasteiger partial charge in [0.15, 0.2) is 6.61 Å². The Bertz CT molecular complexity index is 840. The summed E-state index contributed by atoms with van der Waals surface area (Å²) in [6.45, 7) is 5.37. The lowest BCUT2D eigenvalue weighted by molar-refractivity contribution is -0.137. The molecule has 1 N–H and O–H groups in total. The van der Waals surface area contributed by atoms with Crippen LogP contribution in [0.5, 0.6) is 0 Å². The zero-order chi connectivity index (χ0) is 20.1. The molecule has 2 aromatic rings. The first-order valence-corrected chi connectivity index (χ1v) is 10.2. The number of amides is 2. The summed E-state index contributed by atoms with van der Waals surface area (Å²) in [6, 6.07) is 10.0. The van der Waals surface area contributed by atoms with E-state index in [-0.39, 0.29) is 24.0 Å². The van der Waals surface area contributed by atoms with E-state index < -0.39 is 5.97 Å². The van der Waals surface area contributed by atoms with E-state index in [4.69, 9.17) is 4.74 Å². The van der Waals surface area contributed by atoms with Crippen molar-refractivity contribution >= 4 is 34.8 Å². The molecule has 7 heteroatoms. The number of hydrogen-bond donors (Lipinski definition) is 1. The molecule has 3 rings (SSSR count). The third kappa shape index (κ3) is 5.19. The second kappa shape index (κ2) is 9.01. The molecule has 28 heavy (non-hydrogen) atoms. The lowest BCUT2D eigenvalue weighted by atomic mass is 9.92. The molecular formula is C21H24N2O4S. The molecule has 148 valence electrons. The minimum absolute atomic E-state index is 0.172. The number of piperidine rings is 1. The first-order chi connectivity index (χ1) is 13.4. The van der Waals surface area contributed by atoms with Crippen molar-refractivity contribution in [3.8, 4) is 0 Å². The van der Waals surface area contributed by atoms with E-state index in [1.807, 2.05) is 5.38 Å². The second-order valence-corrected chi connectivity index (χ2v) is 8.28. The van der Waals surface area contributed by atoms with Crippen molar-refractivity contribution in [2.45, 2.75) is 20.3 Å². The summed E-state index contributed by atoms with van der Waals surface area (Å²) in [7, 11) is 0. The molecule has 0 saturated carbocycles. The largest absolute Gasteiger partial charge is 0.452 e. The van der Waals surface area contributed by atoms with Gasteiger partial charge in [-0.3, -0.25) is 9.59 Å². The summed E-state index contributed by atoms with van der Waals surface area (Å²) in [6.07, 6.45) is 1.10. The van der Waals surface area contributed by atoms with Crippen LogP contribution in [0, 0.1) is 11.8 Å². The zero-order valence-electron chi connectivity index (χ0n) is 16.0. The van der Waals surface area contributed by atoms with Gasteiger partial charge in [0.05, 0.1) is 10.4 Å². The molecule has 0 spiro atoms. The van der Waals surface area contributed by atoms with Gasteiger partial charge in [0.25, 0.3) is 11.8 Å². The van der Waals surface area contributed by atoms with Gasteiger partial charge < -0.3 is 15.0 Å². The highest BCUT2D eigenvalue weighted by atomic mass is 32.1. The van der Waals surface area contributed by atoms with Crippen molar-refractivity contribution < 1.29 is 19.1 Å². The summed E-state index contributed by atoms with van der Waals surface area (Å²) in [5.41, 5.74) is 0.787. The number of anilines is 1. The number of likely N-dealkylation sites (tertiary alicyclic amines) is 1. The highest BCUT2D eigenvalue weighted by molar-refractivity contribution is 7.12. The molecule has 1 aliphatic heterocycles. The summed E-state index contributed by atoms with van der Waals surface area (Å²) >= 11 is 1.34. The van der Waals surface area contributed by atoms with Crippen molar-refractivity contribution in [2.75, 3.05) is 25.0 Å². The maximum Gasteiger partial charge on any atom is 0.338 e. The quantitative estimate of drug-likeness (QED) is 0.777. The third-order valence-electron chi connectivity index (χ3n) is 4.65. The van der Waals surface area contributed by atoms with Gasteiger partial charge in [-0.2, -0.15) is 0 Å². The smallest absolute Gasteiger partial charge is 0.338 e. The fourth-order valence-electron chi connectivity index (χ4n) is 3.49. The molecular weight excluding hydrogens is 376 g/mol. The molecule has 0 bridgehead atoms. The topological polar surface area (TPSA) is 75.7 Å². The van der Waals surface area contributed by atoms with Gasteiger partial charge in [-0.05, 0) is 47.9 Å². The molecule has 0 unspecified atom stereocenters. The van der Waals surface area contributed by atoms with Gasteiger partial charge in [0.1, 0.15) is 0 Å². The van der Waals surface area contributed by atoms with Crippen LogP contribution in [0.1, 0.15) is 40.3 Å². The fraction of sp³-hybridized carbons (Fsp3) is 0.381. The maximum atomic E-state index is 12.4. The first-order valence-electron chi connectivity index (χ1n) is 9.32. The zero-order valence-corrected chi connectivity index (χ0v) is 16.8. The van der Waals surface area contributed by atoms with Gasteiger partial charge >= 0.3 is 5.97 Å². The van der Waals surface area contributed by atoms with Crippen molar-refractivity contribution in [1.82, 2.24) is 4.90 Å². The first kappa shape index (κ1) is 20.1. The van der Waals surface area contributed by atoms with Crippen LogP contribution in [-0.4, -0.2) is 42.4 Å². The number of esters is 1. The SMILES string of the molecule is C[C@@H]1C[C@H](C)CN(C(=O)COC(=O)c2cccc(NC(=O)c3cccs3)c2)C1. The molecule has 2 heterocycles. The Morgan fingerprint density at radius 3 is 2.57 bits per heavy atom. The highest BCUT2D eigenvalue weighted by Crippen LogP contribution is 2.21. The van der Waals surface area contributed by atoms with E-state index in [1.54, 1.807) is 41.3 Å². The molecule has 2 atom stereocenters. The number of ether oxygens (including phenoxy) is 1. The number of hydrogen-bond acceptors (Lipinski definition) is 5. The van der Waals surface area contributed by atoms with Crippen molar-refractivity contribution in [3.63, 3.8) is 0 Å². The van der Waals surface area contributed by atoms with Gasteiger partial charge in [0, 0.05) is 18.8 Å². The molecule has 1 aliphatic rings. The average molecular weight is 401 g/mol. The average Bonchev–Trinajstić information content (AvgIpc) is 3.20. The molecule has 1 aromatic carbocycles. The number of nitrogens with zero attached hydrogens (tertiary/aromatic N) is 1. The summed E-state index contributed by atoms with van der Waals surface area (Å²) in [5, 5.41) is 4.58. The second-order valence-electron chi connectivity index (χ2n) is 7.33. The Kier molecular flexibility index (Phi) is 6.46. The predicted molar refractivity (Wildman–Crippen MR) is 109 cm³/mol. The fourth-order valence-corrected chi connectivity index (χ4v) is 4.11. The molecule has 1 fully saturated rings. The molecule has 2 amide bonds. The minimum Gasteiger partial charge on any atom is -0.452 e. The van der Waals surface area contributed by atoms with Crippen LogP contribution in [0.25, 0.3) is 0 Å². The van der Waals surface area contributed by atoms with E-state index in [0.29, 0.717) is 35.5 Å². The van der Waals surface area contributed by atoms with Crippen LogP contribution >= 0.6 is 11.3 Å². The minimum atomic E-state index is -0.585. The number of nitrogens with one attached hydrogen (secondary N) is 1. The van der Waals surface area contributed by atoms with E-state index in [1.165, 1.54) is 11.3 Å². The number of thiophene rings is 1. The molecule has 0 radical (unpaired) electrons. The summed E-state index contributed by atoms with van der Waals surface area (Å²) < 4.78 is 5.21. The van der Waals surface area contributed by atoms with Crippen LogP contribution in [0.2, 0.25) is 0 Å². The van der Waals surface area contributed by atoms with Crippen LogP contribution in [-0.2, 0) is 9.53 Å². The molecule has 0 aliphatic carbocycles. The highest BCUT2D eigenvalue weighted by Gasteiger charge is 2.26. The predicted octanol–water partition coefficient (Wildman–Crippen LogP) is 3.66. The van der Waals surface area contributed by atoms with Gasteiger partial charge in [-0.15, -0.1) is 11.3 Å². The molecule has 6 nitrogen and oxygen atoms in total. The van der Waals surface area contributed by atoms with Crippen molar-refractivity contribution in [1.29, 1.82) is 0 Å². The molecule has 1 saturated heterocycles. The lowest BCUT2D eigenvalue weighted by Crippen LogP contribution is -2.44. The van der Waals surface area contributed by atoms with Gasteiger partial charge in [0.2, 0.25) is 0 Å². The Morgan fingerprint density at radius 2 is 1.89 bits per heavy atom. The van der Waals surface area contributed by atoms with Crippen LogP contribution in [0.3, 0.4) is 0 Å². The van der Waals surface area contributed by atoms with Crippen LogP contribution in [0.15, 0.2) is 41.8 Å². The van der Waals surface area contributed by atoms with Crippen molar-refractivity contribution in [2.24, 2.45) is 11.8 Å². The summed E-state index contributed by atoms with van der Waals surface area (Å²) in [4.78, 5) is 39.2. The number of rotatable bonds is 5. The third-order valence-corrected chi connectivity index (χ3v) is 5.52. The van der Waals surface area contributed by atoms with E-state index in [2.05, 4.69) is 19.2 Å². The normalized spacial score (nSPS) is 19.1. The lowest BCUT2D eigenvalue weighted by Gasteiger charge is -2.34. The standard InChI is InChI=1S/C21H24N2O4S/c1-14-9-15(2)12-23(11-14)19(24)13-27-21(26)16-5-3-6-17(10-16)22-20(25)18-7-4-8-28-18/h3-8,10,14-15H,9,11-13H2,1-2H3,(H,22,25)/t14-,15+. The Hall–Kier alpha value is -2.67. The Morgan fingerprint density at radius 1 is 1.14 bits per heavy atom. The van der Waals surface area contributed by atoms with E-state index in [0.717, 1.165) is 6.42 Å². The van der Waals surface area contributed by atoms with Gasteiger partial charge in [-0.1, -0.05) is 26.0 Å². The van der Waals surface area contributed by atoms with Gasteiger partial charge in [-0.25, -0.2) is 4.79 Å². The Balaban J connectivity index is 1.55. The van der Waals surface area contributed by atoms with Crippen LogP contribution < -0.4 is 5.32 Å². The maximum absolute atomic E-state index is 12.4. The van der Waals surface area contributed by atoms with Crippen molar-refractivity contribution in [3.05, 3.63) is 52.2 Å². The van der Waals surface area contributed by atoms with Crippen LogP contribution in [0.4, 0.5) is 5.69 Å². The van der Waals surface area contributed by atoms with E-state index >= 15 is 0 Å².